The van der Waals surface area contributed by atoms with Crippen LogP contribution in [-0.2, 0) is 43.4 Å². The number of hydrogen-bond donors (Lipinski definition) is 1. The fraction of sp³-hybridized carbons (Fsp3) is 0.455. The largest absolute Gasteiger partial charge is 0.444 e. The van der Waals surface area contributed by atoms with Gasteiger partial charge in [0.15, 0.2) is 0 Å². The molecule has 0 bridgehead atoms. The highest BCUT2D eigenvalue weighted by Gasteiger charge is 2.25. The topological polar surface area (TPSA) is 123 Å². The highest BCUT2D eigenvalue weighted by atomic mass is 32.2. The predicted octanol–water partition coefficient (Wildman–Crippen LogP) is 6.27. The summed E-state index contributed by atoms with van der Waals surface area (Å²) < 4.78 is 40.2. The van der Waals surface area contributed by atoms with Crippen LogP contribution in [0.2, 0.25) is 0 Å². The molecule has 0 saturated heterocycles. The molecule has 2 amide bonds. The van der Waals surface area contributed by atoms with Crippen LogP contribution in [0.15, 0.2) is 60.9 Å². The highest BCUT2D eigenvalue weighted by Crippen LogP contribution is 2.25. The number of fused-ring (bicyclic) bond motifs is 1. The van der Waals surface area contributed by atoms with E-state index in [-0.39, 0.29) is 25.8 Å². The van der Waals surface area contributed by atoms with Gasteiger partial charge >= 0.3 is 12.2 Å². The van der Waals surface area contributed by atoms with Gasteiger partial charge in [-0.25, -0.2) is 9.59 Å². The summed E-state index contributed by atoms with van der Waals surface area (Å²) >= 11 is 0. The Morgan fingerprint density at radius 3 is 2.29 bits per heavy atom. The molecule has 2 aromatic carbocycles. The summed E-state index contributed by atoms with van der Waals surface area (Å²) in [5, 5.41) is 2.27. The van der Waals surface area contributed by atoms with E-state index in [0.717, 1.165) is 29.3 Å². The molecule has 4 aromatic rings. The van der Waals surface area contributed by atoms with Gasteiger partial charge in [-0.15, -0.1) is 0 Å². The van der Waals surface area contributed by atoms with Gasteiger partial charge in [-0.3, -0.25) is 4.18 Å². The highest BCUT2D eigenvalue weighted by molar-refractivity contribution is 7.85. The fourth-order valence-electron chi connectivity index (χ4n) is 5.00. The van der Waals surface area contributed by atoms with Gasteiger partial charge in [-0.2, -0.15) is 8.42 Å². The molecule has 0 aliphatic carbocycles. The van der Waals surface area contributed by atoms with Crippen molar-refractivity contribution >= 4 is 44.1 Å². The van der Waals surface area contributed by atoms with Crippen molar-refractivity contribution in [2.24, 2.45) is 0 Å². The Hall–Kier alpha value is -4.03. The Labute approximate surface area is 265 Å². The van der Waals surface area contributed by atoms with Crippen molar-refractivity contribution in [2.45, 2.75) is 72.4 Å². The van der Waals surface area contributed by atoms with Crippen LogP contribution in [0.3, 0.4) is 0 Å². The molecule has 0 radical (unpaired) electrons. The molecule has 12 heteroatoms. The summed E-state index contributed by atoms with van der Waals surface area (Å²) in [7, 11) is -3.56. The first-order valence-corrected chi connectivity index (χ1v) is 16.7. The van der Waals surface area contributed by atoms with Gasteiger partial charge in [0.2, 0.25) is 0 Å². The Bertz CT molecular complexity index is 1750. The third-order valence-electron chi connectivity index (χ3n) is 6.84. The van der Waals surface area contributed by atoms with E-state index in [0.29, 0.717) is 13.1 Å². The Morgan fingerprint density at radius 1 is 0.911 bits per heavy atom. The quantitative estimate of drug-likeness (QED) is 0.246. The van der Waals surface area contributed by atoms with Crippen LogP contribution in [0.5, 0.6) is 0 Å². The standard InChI is InChI=1S/C17H24N2O5S.C16H20N2O2/c1-17(2,3)24-16(20)19(10-11-23-25(4,21)22)12-14-7-5-6-13-8-9-18-15(13)14;1-16(2,3)20-15(19)18-10-9-17-8-7-12-5-4-6-13(11-18)14(12)17/h5-9,18H,10-12H2,1-4H3;4-8H,9-11H2,1-3H3. The minimum atomic E-state index is -3.56. The molecular formula is C33H44N4O7S. The second-order valence-electron chi connectivity index (χ2n) is 13.1. The molecule has 0 spiro atoms. The number of aromatic nitrogens is 2. The van der Waals surface area contributed by atoms with E-state index in [1.54, 1.807) is 25.7 Å². The molecular weight excluding hydrogens is 596 g/mol. The second kappa shape index (κ2) is 13.5. The van der Waals surface area contributed by atoms with Gasteiger partial charge < -0.3 is 28.8 Å². The fourth-order valence-corrected chi connectivity index (χ4v) is 5.37. The Morgan fingerprint density at radius 2 is 1.60 bits per heavy atom. The first-order valence-electron chi connectivity index (χ1n) is 14.9. The number of carbonyl (C=O) groups excluding carboxylic acids is 2. The molecule has 5 rings (SSSR count). The number of ether oxygens (including phenoxy) is 2. The summed E-state index contributed by atoms with van der Waals surface area (Å²) in [6, 6.07) is 16.1. The van der Waals surface area contributed by atoms with Crippen molar-refractivity contribution in [3.05, 3.63) is 72.1 Å². The lowest BCUT2D eigenvalue weighted by Crippen LogP contribution is -2.38. The molecule has 2 aromatic heterocycles. The monoisotopic (exact) mass is 640 g/mol. The number of amides is 2. The molecule has 0 fully saturated rings. The van der Waals surface area contributed by atoms with E-state index in [2.05, 4.69) is 33.9 Å². The summed E-state index contributed by atoms with van der Waals surface area (Å²) in [5.41, 5.74) is 3.15. The molecule has 11 nitrogen and oxygen atoms in total. The number of H-pyrrole nitrogens is 1. The minimum Gasteiger partial charge on any atom is -0.444 e. The normalized spacial score (nSPS) is 13.6. The summed E-state index contributed by atoms with van der Waals surface area (Å²) in [5.74, 6) is 0. The van der Waals surface area contributed by atoms with Crippen molar-refractivity contribution in [3.8, 4) is 0 Å². The molecule has 1 aliphatic rings. The first-order chi connectivity index (χ1) is 21.0. The average molecular weight is 641 g/mol. The molecule has 0 atom stereocenters. The minimum absolute atomic E-state index is 0.0963. The smallest absolute Gasteiger partial charge is 0.410 e. The average Bonchev–Trinajstić information content (AvgIpc) is 3.51. The van der Waals surface area contributed by atoms with Gasteiger partial charge in [0, 0.05) is 32.0 Å². The second-order valence-corrected chi connectivity index (χ2v) is 14.7. The van der Waals surface area contributed by atoms with Gasteiger partial charge in [-0.05, 0) is 75.6 Å². The van der Waals surface area contributed by atoms with Gasteiger partial charge in [0.05, 0.1) is 37.0 Å². The number of carbonyl (C=O) groups is 2. The number of benzene rings is 2. The zero-order valence-corrected chi connectivity index (χ0v) is 27.9. The Balaban J connectivity index is 0.000000209. The third-order valence-corrected chi connectivity index (χ3v) is 7.44. The zero-order valence-electron chi connectivity index (χ0n) is 27.1. The van der Waals surface area contributed by atoms with Crippen LogP contribution >= 0.6 is 0 Å². The molecule has 1 N–H and O–H groups in total. The number of aromatic amines is 1. The van der Waals surface area contributed by atoms with E-state index in [1.807, 2.05) is 57.3 Å². The van der Waals surface area contributed by atoms with Crippen molar-refractivity contribution in [3.63, 3.8) is 0 Å². The number of nitrogens with zero attached hydrogens (tertiary/aromatic N) is 3. The van der Waals surface area contributed by atoms with Gasteiger partial charge in [0.25, 0.3) is 10.1 Å². The maximum absolute atomic E-state index is 12.5. The van der Waals surface area contributed by atoms with E-state index in [9.17, 15) is 18.0 Å². The molecule has 244 valence electrons. The van der Waals surface area contributed by atoms with Crippen LogP contribution < -0.4 is 0 Å². The Kier molecular flexibility index (Phi) is 10.2. The lowest BCUT2D eigenvalue weighted by atomic mass is 10.1. The lowest BCUT2D eigenvalue weighted by molar-refractivity contribution is 0.0207. The summed E-state index contributed by atoms with van der Waals surface area (Å²) in [4.78, 5) is 31.1. The van der Waals surface area contributed by atoms with Crippen molar-refractivity contribution in [1.29, 1.82) is 0 Å². The van der Waals surface area contributed by atoms with E-state index in [4.69, 9.17) is 13.7 Å². The van der Waals surface area contributed by atoms with E-state index >= 15 is 0 Å². The maximum atomic E-state index is 12.5. The van der Waals surface area contributed by atoms with Crippen molar-refractivity contribution in [2.75, 3.05) is 26.0 Å². The first kappa shape index (κ1) is 33.9. The van der Waals surface area contributed by atoms with E-state index in [1.165, 1.54) is 21.4 Å². The molecule has 0 saturated carbocycles. The summed E-state index contributed by atoms with van der Waals surface area (Å²) in [6.45, 7) is 13.4. The third kappa shape index (κ3) is 9.73. The molecule has 1 aliphatic heterocycles. The molecule has 45 heavy (non-hydrogen) atoms. The van der Waals surface area contributed by atoms with Crippen LogP contribution in [0.25, 0.3) is 21.8 Å². The summed E-state index contributed by atoms with van der Waals surface area (Å²) in [6.07, 6.45) is 4.14. The molecule has 3 heterocycles. The predicted molar refractivity (Wildman–Crippen MR) is 174 cm³/mol. The van der Waals surface area contributed by atoms with Crippen molar-refractivity contribution < 1.29 is 31.7 Å². The van der Waals surface area contributed by atoms with Crippen LogP contribution in [0, 0.1) is 0 Å². The van der Waals surface area contributed by atoms with Gasteiger partial charge in [0.1, 0.15) is 11.2 Å². The number of rotatable bonds is 6. The van der Waals surface area contributed by atoms with Crippen LogP contribution in [-0.4, -0.2) is 77.1 Å². The lowest BCUT2D eigenvalue weighted by Gasteiger charge is -2.27. The number of nitrogens with one attached hydrogen (secondary N) is 1. The van der Waals surface area contributed by atoms with Gasteiger partial charge in [-0.1, -0.05) is 36.4 Å². The zero-order chi connectivity index (χ0) is 33.0. The number of hydrogen-bond acceptors (Lipinski definition) is 7. The SMILES string of the molecule is CC(C)(C)OC(=O)N(CCOS(C)(=O)=O)Cc1cccc2cc[nH]c12.CC(C)(C)OC(=O)N1CCn2ccc3cccc(c32)C1. The maximum Gasteiger partial charge on any atom is 0.410 e. The van der Waals surface area contributed by atoms with Crippen LogP contribution in [0.4, 0.5) is 9.59 Å². The van der Waals surface area contributed by atoms with Crippen LogP contribution in [0.1, 0.15) is 52.7 Å². The number of para-hydroxylation sites is 2. The van der Waals surface area contributed by atoms with Crippen molar-refractivity contribution in [1.82, 2.24) is 19.4 Å². The molecule has 0 unspecified atom stereocenters. The van der Waals surface area contributed by atoms with E-state index < -0.39 is 27.4 Å².